The molecule has 1 aromatic carbocycles. The van der Waals surface area contributed by atoms with E-state index in [0.29, 0.717) is 22.5 Å². The van der Waals surface area contributed by atoms with Crippen LogP contribution in [0.4, 0.5) is 0 Å². The van der Waals surface area contributed by atoms with Crippen molar-refractivity contribution in [3.63, 3.8) is 0 Å². The second kappa shape index (κ2) is 7.22. The molecule has 4 heteroatoms. The van der Waals surface area contributed by atoms with Crippen LogP contribution in [0.5, 0.6) is 0 Å². The number of rotatable bonds is 6. The first-order valence-corrected chi connectivity index (χ1v) is 6.57. The van der Waals surface area contributed by atoms with E-state index in [1.165, 1.54) is 0 Å². The molecule has 96 valence electrons. The molecular formula is C13H19Cl2NO. The zero-order chi connectivity index (χ0) is 12.8. The van der Waals surface area contributed by atoms with E-state index in [1.54, 1.807) is 6.07 Å². The van der Waals surface area contributed by atoms with Crippen LogP contribution in [0.3, 0.4) is 0 Å². The third kappa shape index (κ3) is 4.84. The van der Waals surface area contributed by atoms with Crippen LogP contribution in [0.2, 0.25) is 10.0 Å². The summed E-state index contributed by atoms with van der Waals surface area (Å²) in [6, 6.07) is 5.68. The molecule has 0 aliphatic heterocycles. The van der Waals surface area contributed by atoms with Crippen molar-refractivity contribution >= 4 is 23.2 Å². The van der Waals surface area contributed by atoms with Crippen LogP contribution in [-0.2, 0) is 6.54 Å². The first-order valence-electron chi connectivity index (χ1n) is 5.81. The molecule has 0 fully saturated rings. The van der Waals surface area contributed by atoms with Crippen molar-refractivity contribution in [2.75, 3.05) is 6.61 Å². The first-order chi connectivity index (χ1) is 8.04. The number of hydrogen-bond donors (Lipinski definition) is 2. The summed E-state index contributed by atoms with van der Waals surface area (Å²) in [4.78, 5) is 0. The monoisotopic (exact) mass is 275 g/mol. The third-order valence-electron chi connectivity index (χ3n) is 2.59. The Kier molecular flexibility index (Phi) is 6.28. The van der Waals surface area contributed by atoms with Crippen LogP contribution in [0, 0.1) is 5.92 Å². The van der Waals surface area contributed by atoms with Crippen LogP contribution in [-0.4, -0.2) is 17.8 Å². The smallest absolute Gasteiger partial charge is 0.0637 e. The Morgan fingerprint density at radius 2 is 2.00 bits per heavy atom. The molecule has 2 nitrogen and oxygen atoms in total. The summed E-state index contributed by atoms with van der Waals surface area (Å²) in [5.74, 6) is 0.550. The van der Waals surface area contributed by atoms with Crippen LogP contribution in [0.15, 0.2) is 18.2 Å². The Morgan fingerprint density at radius 3 is 2.59 bits per heavy atom. The highest BCUT2D eigenvalue weighted by atomic mass is 35.5. The lowest BCUT2D eigenvalue weighted by Crippen LogP contribution is -2.33. The van der Waals surface area contributed by atoms with Gasteiger partial charge in [0.15, 0.2) is 0 Å². The Morgan fingerprint density at radius 1 is 1.29 bits per heavy atom. The molecule has 0 amide bonds. The van der Waals surface area contributed by atoms with Crippen LogP contribution in [0.1, 0.15) is 25.8 Å². The van der Waals surface area contributed by atoms with Gasteiger partial charge in [-0.15, -0.1) is 0 Å². The van der Waals surface area contributed by atoms with Crippen LogP contribution < -0.4 is 5.32 Å². The van der Waals surface area contributed by atoms with Crippen molar-refractivity contribution in [2.24, 2.45) is 5.92 Å². The molecule has 1 unspecified atom stereocenters. The summed E-state index contributed by atoms with van der Waals surface area (Å²) in [5.41, 5.74) is 0.960. The van der Waals surface area contributed by atoms with E-state index < -0.39 is 0 Å². The molecule has 0 bridgehead atoms. The summed E-state index contributed by atoms with van der Waals surface area (Å²) >= 11 is 12.0. The Bertz CT molecular complexity index is 355. The minimum Gasteiger partial charge on any atom is -0.395 e. The standard InChI is InChI=1S/C13H19Cl2NO/c1-9(2)6-11(8-17)16-7-10-4-3-5-12(14)13(10)15/h3-5,9,11,16-17H,6-8H2,1-2H3. The van der Waals surface area contributed by atoms with Crippen molar-refractivity contribution < 1.29 is 5.11 Å². The van der Waals surface area contributed by atoms with E-state index in [-0.39, 0.29) is 12.6 Å². The van der Waals surface area contributed by atoms with Gasteiger partial charge in [0.05, 0.1) is 16.7 Å². The first kappa shape index (κ1) is 14.8. The second-order valence-electron chi connectivity index (χ2n) is 4.60. The molecule has 0 aromatic heterocycles. The Labute approximate surface area is 113 Å². The number of halogens is 2. The summed E-state index contributed by atoms with van der Waals surface area (Å²) in [6.07, 6.45) is 0.939. The maximum absolute atomic E-state index is 9.26. The van der Waals surface area contributed by atoms with E-state index >= 15 is 0 Å². The van der Waals surface area contributed by atoms with Gasteiger partial charge in [0.2, 0.25) is 0 Å². The zero-order valence-corrected chi connectivity index (χ0v) is 11.7. The maximum atomic E-state index is 9.26. The fourth-order valence-corrected chi connectivity index (χ4v) is 2.12. The highest BCUT2D eigenvalue weighted by molar-refractivity contribution is 6.42. The molecule has 17 heavy (non-hydrogen) atoms. The lowest BCUT2D eigenvalue weighted by molar-refractivity contribution is 0.223. The van der Waals surface area contributed by atoms with Gasteiger partial charge in [-0.05, 0) is 24.0 Å². The molecule has 0 radical (unpaired) electrons. The normalized spacial score (nSPS) is 13.1. The van der Waals surface area contributed by atoms with E-state index in [1.807, 2.05) is 12.1 Å². The van der Waals surface area contributed by atoms with Gasteiger partial charge < -0.3 is 10.4 Å². The van der Waals surface area contributed by atoms with Crippen molar-refractivity contribution in [3.8, 4) is 0 Å². The number of nitrogens with one attached hydrogen (secondary N) is 1. The van der Waals surface area contributed by atoms with Gasteiger partial charge in [0.1, 0.15) is 0 Å². The van der Waals surface area contributed by atoms with Crippen molar-refractivity contribution in [3.05, 3.63) is 33.8 Å². The zero-order valence-electron chi connectivity index (χ0n) is 10.2. The SMILES string of the molecule is CC(C)CC(CO)NCc1cccc(Cl)c1Cl. The molecule has 1 atom stereocenters. The molecular weight excluding hydrogens is 257 g/mol. The molecule has 1 rings (SSSR count). The molecule has 2 N–H and O–H groups in total. The average molecular weight is 276 g/mol. The van der Waals surface area contributed by atoms with Crippen LogP contribution >= 0.6 is 23.2 Å². The minimum absolute atomic E-state index is 0.102. The van der Waals surface area contributed by atoms with Gasteiger partial charge in [0, 0.05) is 12.6 Å². The van der Waals surface area contributed by atoms with Gasteiger partial charge in [-0.25, -0.2) is 0 Å². The lowest BCUT2D eigenvalue weighted by Gasteiger charge is -2.18. The van der Waals surface area contributed by atoms with Gasteiger partial charge in [-0.3, -0.25) is 0 Å². The summed E-state index contributed by atoms with van der Waals surface area (Å²) in [5, 5.41) is 13.7. The van der Waals surface area contributed by atoms with E-state index in [0.717, 1.165) is 12.0 Å². The molecule has 0 saturated carbocycles. The summed E-state index contributed by atoms with van der Waals surface area (Å²) in [7, 11) is 0. The largest absolute Gasteiger partial charge is 0.395 e. The predicted molar refractivity (Wildman–Crippen MR) is 73.6 cm³/mol. The average Bonchev–Trinajstić information content (AvgIpc) is 2.28. The van der Waals surface area contributed by atoms with E-state index in [4.69, 9.17) is 23.2 Å². The third-order valence-corrected chi connectivity index (χ3v) is 3.45. The molecule has 0 heterocycles. The topological polar surface area (TPSA) is 32.3 Å². The molecule has 0 aliphatic rings. The second-order valence-corrected chi connectivity index (χ2v) is 5.39. The van der Waals surface area contributed by atoms with Crippen LogP contribution in [0.25, 0.3) is 0 Å². The molecule has 0 aliphatic carbocycles. The van der Waals surface area contributed by atoms with Crippen molar-refractivity contribution in [2.45, 2.75) is 32.9 Å². The number of benzene rings is 1. The quantitative estimate of drug-likeness (QED) is 0.833. The number of aliphatic hydroxyl groups is 1. The van der Waals surface area contributed by atoms with Gasteiger partial charge >= 0.3 is 0 Å². The summed E-state index contributed by atoms with van der Waals surface area (Å²) < 4.78 is 0. The molecule has 0 saturated heterocycles. The van der Waals surface area contributed by atoms with E-state index in [9.17, 15) is 5.11 Å². The van der Waals surface area contributed by atoms with Crippen molar-refractivity contribution in [1.29, 1.82) is 0 Å². The highest BCUT2D eigenvalue weighted by Gasteiger charge is 2.10. The maximum Gasteiger partial charge on any atom is 0.0637 e. The Hall–Kier alpha value is -0.280. The fourth-order valence-electron chi connectivity index (χ4n) is 1.73. The Balaban J connectivity index is 2.56. The predicted octanol–water partition coefficient (Wildman–Crippen LogP) is 3.49. The van der Waals surface area contributed by atoms with Gasteiger partial charge in [0.25, 0.3) is 0 Å². The van der Waals surface area contributed by atoms with E-state index in [2.05, 4.69) is 19.2 Å². The number of hydrogen-bond acceptors (Lipinski definition) is 2. The number of aliphatic hydroxyl groups excluding tert-OH is 1. The highest BCUT2D eigenvalue weighted by Crippen LogP contribution is 2.25. The van der Waals surface area contributed by atoms with Gasteiger partial charge in [-0.2, -0.15) is 0 Å². The van der Waals surface area contributed by atoms with Gasteiger partial charge in [-0.1, -0.05) is 49.2 Å². The lowest BCUT2D eigenvalue weighted by atomic mass is 10.0. The molecule has 1 aromatic rings. The fraction of sp³-hybridized carbons (Fsp3) is 0.538. The molecule has 0 spiro atoms. The minimum atomic E-state index is 0.102. The summed E-state index contributed by atoms with van der Waals surface area (Å²) in [6.45, 7) is 5.03. The van der Waals surface area contributed by atoms with Crippen molar-refractivity contribution in [1.82, 2.24) is 5.32 Å².